The molecule has 0 saturated carbocycles. The number of anilines is 1. The molecule has 1 atom stereocenters. The number of hydrogen-bond acceptors (Lipinski definition) is 4. The maximum atomic E-state index is 14.0. The van der Waals surface area contributed by atoms with Gasteiger partial charge in [-0.15, -0.1) is 0 Å². The topological polar surface area (TPSA) is 52.0 Å². The van der Waals surface area contributed by atoms with Gasteiger partial charge in [0.1, 0.15) is 17.7 Å². The maximum absolute atomic E-state index is 14.0. The molecular formula is C19H15F5N4O. The zero-order chi connectivity index (χ0) is 20.8. The van der Waals surface area contributed by atoms with Gasteiger partial charge in [0.2, 0.25) is 5.88 Å². The molecule has 3 aromatic rings. The zero-order valence-electron chi connectivity index (χ0n) is 15.1. The number of nitrogens with one attached hydrogen (secondary N) is 1. The first kappa shape index (κ1) is 19.2. The molecule has 0 fully saturated rings. The Hall–Kier alpha value is -3.17. The van der Waals surface area contributed by atoms with Crippen molar-refractivity contribution in [3.63, 3.8) is 0 Å². The van der Waals surface area contributed by atoms with E-state index in [4.69, 9.17) is 4.74 Å². The summed E-state index contributed by atoms with van der Waals surface area (Å²) in [5, 5.41) is 6.57. The molecule has 1 aliphatic heterocycles. The molecule has 1 aliphatic rings. The summed E-state index contributed by atoms with van der Waals surface area (Å²) >= 11 is 0. The van der Waals surface area contributed by atoms with Gasteiger partial charge in [0.05, 0.1) is 23.5 Å². The second-order valence-corrected chi connectivity index (χ2v) is 6.43. The molecule has 0 saturated heterocycles. The molecular weight excluding hydrogens is 395 g/mol. The number of hydrogen-bond donors (Lipinski definition) is 1. The van der Waals surface area contributed by atoms with Crippen LogP contribution >= 0.6 is 0 Å². The van der Waals surface area contributed by atoms with Crippen molar-refractivity contribution in [1.29, 1.82) is 0 Å². The standard InChI is InChI=1S/C19H15F5N4O/c1-2-28-14(7-16(27-28)19(22,23)24)10-6-13-18(26-8-10)29-15(9-25-13)17-11(20)4-3-5-12(17)21/h3-8,15,25H,2,9H2,1H3. The second kappa shape index (κ2) is 7.02. The largest absolute Gasteiger partial charge is 0.466 e. The Bertz CT molecular complexity index is 1040. The van der Waals surface area contributed by atoms with Crippen molar-refractivity contribution in [2.45, 2.75) is 25.7 Å². The summed E-state index contributed by atoms with van der Waals surface area (Å²) in [6, 6.07) is 6.05. The molecule has 1 N–H and O–H groups in total. The molecule has 2 aromatic heterocycles. The summed E-state index contributed by atoms with van der Waals surface area (Å²) in [5.74, 6) is -1.36. The molecule has 1 unspecified atom stereocenters. The Balaban J connectivity index is 1.66. The van der Waals surface area contributed by atoms with Crippen LogP contribution in [0.25, 0.3) is 11.3 Å². The minimum absolute atomic E-state index is 0.0663. The summed E-state index contributed by atoms with van der Waals surface area (Å²) in [6.45, 7) is 1.98. The minimum atomic E-state index is -4.56. The summed E-state index contributed by atoms with van der Waals surface area (Å²) in [4.78, 5) is 4.13. The van der Waals surface area contributed by atoms with Crippen molar-refractivity contribution < 1.29 is 26.7 Å². The summed E-state index contributed by atoms with van der Waals surface area (Å²) in [5.41, 5.74) is -0.144. The van der Waals surface area contributed by atoms with Gasteiger partial charge >= 0.3 is 6.18 Å². The fourth-order valence-corrected chi connectivity index (χ4v) is 3.20. The van der Waals surface area contributed by atoms with Gasteiger partial charge in [-0.3, -0.25) is 4.68 Å². The van der Waals surface area contributed by atoms with Crippen LogP contribution in [0.15, 0.2) is 36.5 Å². The van der Waals surface area contributed by atoms with Gasteiger partial charge in [-0.1, -0.05) is 6.07 Å². The fraction of sp³-hybridized carbons (Fsp3) is 0.263. The van der Waals surface area contributed by atoms with E-state index in [1.54, 1.807) is 13.0 Å². The Morgan fingerprint density at radius 1 is 1.21 bits per heavy atom. The molecule has 10 heteroatoms. The van der Waals surface area contributed by atoms with E-state index < -0.39 is 29.6 Å². The number of pyridine rings is 1. The van der Waals surface area contributed by atoms with Crippen LogP contribution in [0.1, 0.15) is 24.3 Å². The summed E-state index contributed by atoms with van der Waals surface area (Å²) in [7, 11) is 0. The minimum Gasteiger partial charge on any atom is -0.466 e. The normalized spacial score (nSPS) is 16.1. The molecule has 0 aliphatic carbocycles. The van der Waals surface area contributed by atoms with Crippen LogP contribution in [0.4, 0.5) is 27.6 Å². The number of alkyl halides is 3. The van der Waals surface area contributed by atoms with Gasteiger partial charge < -0.3 is 10.1 Å². The summed E-state index contributed by atoms with van der Waals surface area (Å²) in [6.07, 6.45) is -4.15. The SMILES string of the molecule is CCn1nc(C(F)(F)F)cc1-c1cnc2c(c1)NCC(c1c(F)cccc1F)O2. The van der Waals surface area contributed by atoms with E-state index in [1.807, 2.05) is 0 Å². The number of benzene rings is 1. The number of rotatable bonds is 3. The number of nitrogens with zero attached hydrogens (tertiary/aromatic N) is 3. The predicted octanol–water partition coefficient (Wildman–Crippen LogP) is 4.81. The maximum Gasteiger partial charge on any atom is 0.435 e. The van der Waals surface area contributed by atoms with Gasteiger partial charge in [-0.25, -0.2) is 13.8 Å². The number of aromatic nitrogens is 3. The fourth-order valence-electron chi connectivity index (χ4n) is 3.20. The van der Waals surface area contributed by atoms with Gasteiger partial charge in [0.25, 0.3) is 0 Å². The van der Waals surface area contributed by atoms with Crippen LogP contribution in [0.2, 0.25) is 0 Å². The first-order chi connectivity index (χ1) is 13.8. The van der Waals surface area contributed by atoms with Gasteiger partial charge in [0.15, 0.2) is 5.69 Å². The molecule has 4 rings (SSSR count). The van der Waals surface area contributed by atoms with E-state index in [0.717, 1.165) is 18.2 Å². The van der Waals surface area contributed by atoms with Crippen molar-refractivity contribution in [2.75, 3.05) is 11.9 Å². The van der Waals surface area contributed by atoms with Crippen LogP contribution in [0.5, 0.6) is 5.88 Å². The van der Waals surface area contributed by atoms with Crippen LogP contribution in [-0.2, 0) is 12.7 Å². The van der Waals surface area contributed by atoms with Crippen molar-refractivity contribution in [3.05, 3.63) is 59.4 Å². The van der Waals surface area contributed by atoms with E-state index in [2.05, 4.69) is 15.4 Å². The lowest BCUT2D eigenvalue weighted by Crippen LogP contribution is -2.26. The highest BCUT2D eigenvalue weighted by atomic mass is 19.4. The Labute approximate surface area is 162 Å². The lowest BCUT2D eigenvalue weighted by Gasteiger charge is -2.27. The first-order valence-electron chi connectivity index (χ1n) is 8.77. The summed E-state index contributed by atoms with van der Waals surface area (Å²) < 4.78 is 73.9. The van der Waals surface area contributed by atoms with Crippen LogP contribution in [-0.4, -0.2) is 21.3 Å². The quantitative estimate of drug-likeness (QED) is 0.630. The molecule has 0 radical (unpaired) electrons. The molecule has 3 heterocycles. The average Bonchev–Trinajstić information content (AvgIpc) is 3.12. The van der Waals surface area contributed by atoms with Crippen molar-refractivity contribution in [3.8, 4) is 17.1 Å². The monoisotopic (exact) mass is 410 g/mol. The molecule has 152 valence electrons. The molecule has 0 amide bonds. The Morgan fingerprint density at radius 3 is 2.59 bits per heavy atom. The van der Waals surface area contributed by atoms with Gasteiger partial charge in [-0.2, -0.15) is 18.3 Å². The Morgan fingerprint density at radius 2 is 1.93 bits per heavy atom. The Kier molecular flexibility index (Phi) is 4.64. The third kappa shape index (κ3) is 3.50. The van der Waals surface area contributed by atoms with E-state index in [9.17, 15) is 22.0 Å². The predicted molar refractivity (Wildman–Crippen MR) is 94.4 cm³/mol. The van der Waals surface area contributed by atoms with E-state index in [1.165, 1.54) is 16.9 Å². The number of ether oxygens (including phenoxy) is 1. The van der Waals surface area contributed by atoms with Crippen LogP contribution < -0.4 is 10.1 Å². The number of halogens is 5. The van der Waals surface area contributed by atoms with E-state index in [-0.39, 0.29) is 30.2 Å². The van der Waals surface area contributed by atoms with E-state index in [0.29, 0.717) is 11.3 Å². The zero-order valence-corrected chi connectivity index (χ0v) is 15.1. The van der Waals surface area contributed by atoms with Gasteiger partial charge in [-0.05, 0) is 31.2 Å². The molecule has 0 bridgehead atoms. The lowest BCUT2D eigenvalue weighted by molar-refractivity contribution is -0.141. The highest BCUT2D eigenvalue weighted by Crippen LogP contribution is 2.37. The number of fused-ring (bicyclic) bond motifs is 1. The van der Waals surface area contributed by atoms with Crippen molar-refractivity contribution in [1.82, 2.24) is 14.8 Å². The third-order valence-corrected chi connectivity index (χ3v) is 4.57. The molecule has 5 nitrogen and oxygen atoms in total. The molecule has 0 spiro atoms. The highest BCUT2D eigenvalue weighted by Gasteiger charge is 2.35. The second-order valence-electron chi connectivity index (χ2n) is 6.43. The third-order valence-electron chi connectivity index (χ3n) is 4.57. The molecule has 29 heavy (non-hydrogen) atoms. The number of aryl methyl sites for hydroxylation is 1. The van der Waals surface area contributed by atoms with Crippen LogP contribution in [0, 0.1) is 11.6 Å². The van der Waals surface area contributed by atoms with E-state index >= 15 is 0 Å². The molecule has 1 aromatic carbocycles. The average molecular weight is 410 g/mol. The van der Waals surface area contributed by atoms with Crippen molar-refractivity contribution in [2.24, 2.45) is 0 Å². The lowest BCUT2D eigenvalue weighted by atomic mass is 10.1. The highest BCUT2D eigenvalue weighted by molar-refractivity contribution is 5.68. The first-order valence-corrected chi connectivity index (χ1v) is 8.77. The smallest absolute Gasteiger partial charge is 0.435 e. The van der Waals surface area contributed by atoms with Crippen molar-refractivity contribution >= 4 is 5.69 Å². The van der Waals surface area contributed by atoms with Crippen LogP contribution in [0.3, 0.4) is 0 Å². The van der Waals surface area contributed by atoms with Gasteiger partial charge in [0, 0.05) is 18.3 Å².